The zero-order valence-corrected chi connectivity index (χ0v) is 15.7. The Morgan fingerprint density at radius 3 is 2.19 bits per heavy atom. The first kappa shape index (κ1) is 18.4. The molecule has 0 bridgehead atoms. The van der Waals surface area contributed by atoms with E-state index in [9.17, 15) is 9.59 Å². The number of pyridine rings is 1. The van der Waals surface area contributed by atoms with Crippen molar-refractivity contribution in [1.82, 2.24) is 14.8 Å². The summed E-state index contributed by atoms with van der Waals surface area (Å²) in [6.45, 7) is 3.98. The van der Waals surface area contributed by atoms with Gasteiger partial charge in [0.1, 0.15) is 5.69 Å². The van der Waals surface area contributed by atoms with Crippen molar-refractivity contribution in [2.75, 3.05) is 39.4 Å². The minimum absolute atomic E-state index is 0.0600. The summed E-state index contributed by atoms with van der Waals surface area (Å²) in [6, 6.07) is 3.33. The molecule has 4 rings (SSSR count). The third kappa shape index (κ3) is 3.99. The number of piperidine rings is 1. The van der Waals surface area contributed by atoms with Crippen LogP contribution in [0.5, 0.6) is 0 Å². The van der Waals surface area contributed by atoms with Gasteiger partial charge in [0.05, 0.1) is 13.2 Å². The van der Waals surface area contributed by atoms with E-state index in [-0.39, 0.29) is 11.8 Å². The predicted octanol–water partition coefficient (Wildman–Crippen LogP) is 2.08. The van der Waals surface area contributed by atoms with Crippen LogP contribution in [0.3, 0.4) is 0 Å². The van der Waals surface area contributed by atoms with Crippen molar-refractivity contribution in [2.24, 2.45) is 0 Å². The van der Waals surface area contributed by atoms with Crippen molar-refractivity contribution >= 4 is 11.8 Å². The van der Waals surface area contributed by atoms with Gasteiger partial charge in [0.25, 0.3) is 11.8 Å². The van der Waals surface area contributed by atoms with Gasteiger partial charge in [-0.05, 0) is 25.0 Å². The molecule has 1 spiro atoms. The number of hydrogen-bond acceptors (Lipinski definition) is 5. The maximum atomic E-state index is 12.9. The number of hydrogen-bond donors (Lipinski definition) is 0. The number of ether oxygens (including phenoxy) is 2. The number of carbonyl (C=O) groups excluding carboxylic acids is 2. The SMILES string of the molecule is O=C(c1ccnc(C(=O)N2CCCCCC2)c1)N1CCC2(CC1)OCCO2. The Labute approximate surface area is 159 Å². The molecule has 0 atom stereocenters. The summed E-state index contributed by atoms with van der Waals surface area (Å²) >= 11 is 0. The number of carbonyl (C=O) groups is 2. The average molecular weight is 373 g/mol. The van der Waals surface area contributed by atoms with Gasteiger partial charge in [-0.1, -0.05) is 12.8 Å². The van der Waals surface area contributed by atoms with E-state index in [0.29, 0.717) is 50.4 Å². The maximum Gasteiger partial charge on any atom is 0.272 e. The quantitative estimate of drug-likeness (QED) is 0.794. The molecule has 1 aromatic rings. The van der Waals surface area contributed by atoms with E-state index in [2.05, 4.69) is 4.98 Å². The van der Waals surface area contributed by atoms with Gasteiger partial charge >= 0.3 is 0 Å². The summed E-state index contributed by atoms with van der Waals surface area (Å²) in [5.41, 5.74) is 0.881. The molecule has 3 aliphatic heterocycles. The normalized spacial score (nSPS) is 22.7. The van der Waals surface area contributed by atoms with Crippen molar-refractivity contribution in [1.29, 1.82) is 0 Å². The third-order valence-electron chi connectivity index (χ3n) is 5.75. The summed E-state index contributed by atoms with van der Waals surface area (Å²) < 4.78 is 11.4. The van der Waals surface area contributed by atoms with E-state index in [0.717, 1.165) is 25.9 Å². The van der Waals surface area contributed by atoms with Crippen molar-refractivity contribution in [3.05, 3.63) is 29.6 Å². The molecular weight excluding hydrogens is 346 g/mol. The molecule has 0 radical (unpaired) electrons. The lowest BCUT2D eigenvalue weighted by molar-refractivity contribution is -0.181. The van der Waals surface area contributed by atoms with E-state index in [4.69, 9.17) is 9.47 Å². The van der Waals surface area contributed by atoms with Gasteiger partial charge in [-0.15, -0.1) is 0 Å². The Morgan fingerprint density at radius 2 is 1.52 bits per heavy atom. The Kier molecular flexibility index (Phi) is 5.41. The van der Waals surface area contributed by atoms with Crippen LogP contribution in [0.2, 0.25) is 0 Å². The molecule has 0 unspecified atom stereocenters. The molecule has 0 aliphatic carbocycles. The van der Waals surface area contributed by atoms with E-state index >= 15 is 0 Å². The second kappa shape index (κ2) is 7.94. The van der Waals surface area contributed by atoms with Crippen LogP contribution in [0.25, 0.3) is 0 Å². The van der Waals surface area contributed by atoms with Crippen LogP contribution in [0.1, 0.15) is 59.4 Å². The summed E-state index contributed by atoms with van der Waals surface area (Å²) in [6.07, 6.45) is 7.33. The first-order chi connectivity index (χ1) is 13.2. The summed E-state index contributed by atoms with van der Waals surface area (Å²) in [5, 5.41) is 0. The van der Waals surface area contributed by atoms with Crippen LogP contribution < -0.4 is 0 Å². The second-order valence-electron chi connectivity index (χ2n) is 7.54. The largest absolute Gasteiger partial charge is 0.347 e. The summed E-state index contributed by atoms with van der Waals surface area (Å²) in [4.78, 5) is 33.6. The van der Waals surface area contributed by atoms with Gasteiger partial charge in [-0.25, -0.2) is 0 Å². The van der Waals surface area contributed by atoms with Gasteiger partial charge in [-0.2, -0.15) is 0 Å². The van der Waals surface area contributed by atoms with Gasteiger partial charge in [-0.3, -0.25) is 14.6 Å². The van der Waals surface area contributed by atoms with Gasteiger partial charge in [0.15, 0.2) is 5.79 Å². The first-order valence-corrected chi connectivity index (χ1v) is 9.99. The molecular formula is C20H27N3O4. The van der Waals surface area contributed by atoms with Crippen molar-refractivity contribution in [3.8, 4) is 0 Å². The lowest BCUT2D eigenvalue weighted by Crippen LogP contribution is -2.47. The summed E-state index contributed by atoms with van der Waals surface area (Å²) in [7, 11) is 0. The first-order valence-electron chi connectivity index (χ1n) is 9.99. The van der Waals surface area contributed by atoms with Gasteiger partial charge in [0.2, 0.25) is 0 Å². The summed E-state index contributed by atoms with van der Waals surface area (Å²) in [5.74, 6) is -0.629. The number of amides is 2. The zero-order chi connectivity index (χ0) is 18.7. The Balaban J connectivity index is 1.42. The fourth-order valence-electron chi connectivity index (χ4n) is 4.14. The van der Waals surface area contributed by atoms with Crippen LogP contribution in [-0.4, -0.2) is 71.8 Å². The molecule has 1 aromatic heterocycles. The molecule has 3 fully saturated rings. The highest BCUT2D eigenvalue weighted by Crippen LogP contribution is 2.31. The fourth-order valence-corrected chi connectivity index (χ4v) is 4.14. The Morgan fingerprint density at radius 1 is 0.889 bits per heavy atom. The molecule has 0 saturated carbocycles. The molecule has 146 valence electrons. The van der Waals surface area contributed by atoms with Crippen LogP contribution in [0.15, 0.2) is 18.3 Å². The minimum atomic E-state index is -0.497. The number of rotatable bonds is 2. The molecule has 4 heterocycles. The number of aromatic nitrogens is 1. The molecule has 0 aromatic carbocycles. The van der Waals surface area contributed by atoms with Crippen LogP contribution in [-0.2, 0) is 9.47 Å². The smallest absolute Gasteiger partial charge is 0.272 e. The highest BCUT2D eigenvalue weighted by molar-refractivity contribution is 5.98. The number of likely N-dealkylation sites (tertiary alicyclic amines) is 2. The molecule has 3 saturated heterocycles. The van der Waals surface area contributed by atoms with E-state index < -0.39 is 5.79 Å². The van der Waals surface area contributed by atoms with Crippen LogP contribution in [0.4, 0.5) is 0 Å². The lowest BCUT2D eigenvalue weighted by atomic mass is 10.0. The monoisotopic (exact) mass is 373 g/mol. The minimum Gasteiger partial charge on any atom is -0.347 e. The Hall–Kier alpha value is -1.99. The zero-order valence-electron chi connectivity index (χ0n) is 15.7. The highest BCUT2D eigenvalue weighted by atomic mass is 16.7. The van der Waals surface area contributed by atoms with E-state index in [1.165, 1.54) is 12.8 Å². The number of nitrogens with zero attached hydrogens (tertiary/aromatic N) is 3. The van der Waals surface area contributed by atoms with E-state index in [1.54, 1.807) is 18.3 Å². The molecule has 3 aliphatic rings. The average Bonchev–Trinajstić information content (AvgIpc) is 2.99. The lowest BCUT2D eigenvalue weighted by Gasteiger charge is -2.37. The van der Waals surface area contributed by atoms with Crippen molar-refractivity contribution in [3.63, 3.8) is 0 Å². The molecule has 7 nitrogen and oxygen atoms in total. The second-order valence-corrected chi connectivity index (χ2v) is 7.54. The van der Waals surface area contributed by atoms with Gasteiger partial charge < -0.3 is 19.3 Å². The predicted molar refractivity (Wildman–Crippen MR) is 98.4 cm³/mol. The molecule has 7 heteroatoms. The maximum absolute atomic E-state index is 12.9. The Bertz CT molecular complexity index is 684. The van der Waals surface area contributed by atoms with Gasteiger partial charge in [0, 0.05) is 50.8 Å². The molecule has 2 amide bonds. The third-order valence-corrected chi connectivity index (χ3v) is 5.75. The molecule has 0 N–H and O–H groups in total. The highest BCUT2D eigenvalue weighted by Gasteiger charge is 2.40. The van der Waals surface area contributed by atoms with Crippen LogP contribution >= 0.6 is 0 Å². The van der Waals surface area contributed by atoms with E-state index in [1.807, 2.05) is 9.80 Å². The van der Waals surface area contributed by atoms with Crippen LogP contribution in [0, 0.1) is 0 Å². The fraction of sp³-hybridized carbons (Fsp3) is 0.650. The van der Waals surface area contributed by atoms with Crippen molar-refractivity contribution in [2.45, 2.75) is 44.3 Å². The molecule has 27 heavy (non-hydrogen) atoms. The topological polar surface area (TPSA) is 72.0 Å². The standard InChI is InChI=1S/C20H27N3O4/c24-18(23-11-6-20(7-12-23)26-13-14-27-20)16-5-8-21-17(15-16)19(25)22-9-3-1-2-4-10-22/h5,8,15H,1-4,6-7,9-14H2. The van der Waals surface area contributed by atoms with Crippen molar-refractivity contribution < 1.29 is 19.1 Å².